The minimum absolute atomic E-state index is 0.122. The zero-order valence-electron chi connectivity index (χ0n) is 17.6. The Balaban J connectivity index is 0.000000423. The van der Waals surface area contributed by atoms with E-state index < -0.39 is 12.1 Å². The molecule has 1 saturated heterocycles. The fraction of sp³-hybridized carbons (Fsp3) is 0.500. The summed E-state index contributed by atoms with van der Waals surface area (Å²) in [5, 5.41) is 10.4. The van der Waals surface area contributed by atoms with Crippen molar-refractivity contribution in [3.05, 3.63) is 36.5 Å². The molecule has 2 aromatic heterocycles. The molecule has 8 nitrogen and oxygen atoms in total. The minimum atomic E-state index is -5.08. The van der Waals surface area contributed by atoms with E-state index in [2.05, 4.69) is 32.2 Å². The Labute approximate surface area is 178 Å². The van der Waals surface area contributed by atoms with E-state index in [0.29, 0.717) is 0 Å². The molecule has 1 aliphatic heterocycles. The number of aromatic nitrogens is 3. The molecule has 0 aliphatic carbocycles. The molecule has 0 spiro atoms. The number of hydrogen-bond donors (Lipinski definition) is 2. The van der Waals surface area contributed by atoms with Crippen LogP contribution in [0.5, 0.6) is 5.75 Å². The first-order valence-electron chi connectivity index (χ1n) is 9.67. The molecule has 0 saturated carbocycles. The Kier molecular flexibility index (Phi) is 8.69. The van der Waals surface area contributed by atoms with Crippen LogP contribution in [0.2, 0.25) is 0 Å². The highest BCUT2D eigenvalue weighted by molar-refractivity contribution is 5.73. The highest BCUT2D eigenvalue weighted by Crippen LogP contribution is 2.21. The number of carboxylic acid groups (broad SMARTS) is 1. The highest BCUT2D eigenvalue weighted by Gasteiger charge is 2.38. The van der Waals surface area contributed by atoms with Crippen LogP contribution in [-0.2, 0) is 11.3 Å². The molecule has 31 heavy (non-hydrogen) atoms. The van der Waals surface area contributed by atoms with Gasteiger partial charge in [0.1, 0.15) is 5.75 Å². The van der Waals surface area contributed by atoms with Crippen LogP contribution >= 0.6 is 0 Å². The summed E-state index contributed by atoms with van der Waals surface area (Å²) in [7, 11) is 2.13. The van der Waals surface area contributed by atoms with Gasteiger partial charge in [-0.25, -0.2) is 4.79 Å². The summed E-state index contributed by atoms with van der Waals surface area (Å²) in [6.45, 7) is 8.15. The molecule has 0 aromatic carbocycles. The summed E-state index contributed by atoms with van der Waals surface area (Å²) in [5.74, 6) is -1.24. The van der Waals surface area contributed by atoms with Crippen molar-refractivity contribution in [2.45, 2.75) is 32.7 Å². The van der Waals surface area contributed by atoms with Crippen LogP contribution in [0, 0.1) is 5.92 Å². The van der Waals surface area contributed by atoms with Gasteiger partial charge in [-0.1, -0.05) is 0 Å². The first-order valence-corrected chi connectivity index (χ1v) is 9.67. The second kappa shape index (κ2) is 11.0. The average Bonchev–Trinajstić information content (AvgIpc) is 2.65. The van der Waals surface area contributed by atoms with E-state index in [4.69, 9.17) is 14.6 Å². The van der Waals surface area contributed by atoms with Gasteiger partial charge in [0.15, 0.2) is 0 Å². The molecule has 0 bridgehead atoms. The summed E-state index contributed by atoms with van der Waals surface area (Å²) in [6, 6.07) is 1.95. The third-order valence-corrected chi connectivity index (χ3v) is 4.20. The van der Waals surface area contributed by atoms with Crippen LogP contribution in [0.25, 0.3) is 11.3 Å². The lowest BCUT2D eigenvalue weighted by Crippen LogP contribution is -2.47. The minimum Gasteiger partial charge on any atom is -0.489 e. The third kappa shape index (κ3) is 8.46. The standard InChI is InChI=1S/C18H25N5O.C2HF3O2/c1-13(2)24-17-4-15(7-20-9-17)18-10-21-16(8-22-18)12-23(3)11-14-5-19-6-14;3-2(4,5)1(6)7/h4,7-10,13-14,19H,5-6,11-12H2,1-3H3;(H,6,7). The van der Waals surface area contributed by atoms with Crippen LogP contribution < -0.4 is 10.1 Å². The molecule has 0 amide bonds. The van der Waals surface area contributed by atoms with Crippen LogP contribution in [0.4, 0.5) is 13.2 Å². The Bertz CT molecular complexity index is 843. The van der Waals surface area contributed by atoms with Gasteiger partial charge in [-0.05, 0) is 32.9 Å². The molecule has 2 aromatic rings. The Morgan fingerprint density at radius 2 is 1.94 bits per heavy atom. The number of pyridine rings is 1. The highest BCUT2D eigenvalue weighted by atomic mass is 19.4. The molecule has 3 rings (SSSR count). The second-order valence-electron chi connectivity index (χ2n) is 7.49. The van der Waals surface area contributed by atoms with E-state index in [9.17, 15) is 13.2 Å². The zero-order valence-corrected chi connectivity index (χ0v) is 17.6. The van der Waals surface area contributed by atoms with Gasteiger partial charge in [0.2, 0.25) is 0 Å². The quantitative estimate of drug-likeness (QED) is 0.676. The van der Waals surface area contributed by atoms with Gasteiger partial charge in [0.25, 0.3) is 0 Å². The molecular weight excluding hydrogens is 415 g/mol. The summed E-state index contributed by atoms with van der Waals surface area (Å²) in [6.07, 6.45) is 2.20. The monoisotopic (exact) mass is 441 g/mol. The number of nitrogens with zero attached hydrogens (tertiary/aromatic N) is 4. The fourth-order valence-electron chi connectivity index (χ4n) is 2.74. The van der Waals surface area contributed by atoms with Crippen molar-refractivity contribution in [2.24, 2.45) is 5.92 Å². The van der Waals surface area contributed by atoms with E-state index in [1.807, 2.05) is 32.3 Å². The molecule has 3 heterocycles. The average molecular weight is 441 g/mol. The molecule has 2 N–H and O–H groups in total. The van der Waals surface area contributed by atoms with Gasteiger partial charge in [-0.15, -0.1) is 0 Å². The van der Waals surface area contributed by atoms with Crippen molar-refractivity contribution in [2.75, 3.05) is 26.7 Å². The number of hydrogen-bond acceptors (Lipinski definition) is 7. The van der Waals surface area contributed by atoms with Crippen LogP contribution in [-0.4, -0.2) is 69.9 Å². The van der Waals surface area contributed by atoms with Crippen molar-refractivity contribution in [3.8, 4) is 17.0 Å². The predicted molar refractivity (Wildman–Crippen MR) is 107 cm³/mol. The largest absolute Gasteiger partial charge is 0.490 e. The maximum atomic E-state index is 10.6. The second-order valence-corrected chi connectivity index (χ2v) is 7.49. The number of aliphatic carboxylic acids is 1. The maximum absolute atomic E-state index is 10.6. The molecule has 1 aliphatic rings. The molecule has 170 valence electrons. The number of carbonyl (C=O) groups is 1. The summed E-state index contributed by atoms with van der Waals surface area (Å²) in [4.78, 5) is 24.5. The molecule has 1 fully saturated rings. The number of alkyl halides is 3. The van der Waals surface area contributed by atoms with Gasteiger partial charge in [-0.2, -0.15) is 13.2 Å². The van der Waals surface area contributed by atoms with Gasteiger partial charge in [-0.3, -0.25) is 15.0 Å². The summed E-state index contributed by atoms with van der Waals surface area (Å²) >= 11 is 0. The Hall–Kier alpha value is -2.79. The number of nitrogens with one attached hydrogen (secondary N) is 1. The molecule has 11 heteroatoms. The SMILES string of the molecule is CC(C)Oc1cncc(-c2cnc(CN(C)CC3CNC3)cn2)c1.O=C(O)C(F)(F)F. The zero-order chi connectivity index (χ0) is 23.0. The lowest BCUT2D eigenvalue weighted by Gasteiger charge is -2.31. The van der Waals surface area contributed by atoms with Crippen LogP contribution in [0.3, 0.4) is 0 Å². The summed E-state index contributed by atoms with van der Waals surface area (Å²) in [5.41, 5.74) is 2.71. The fourth-order valence-corrected chi connectivity index (χ4v) is 2.74. The van der Waals surface area contributed by atoms with Gasteiger partial charge in [0.05, 0.1) is 36.1 Å². The van der Waals surface area contributed by atoms with Gasteiger partial charge >= 0.3 is 12.1 Å². The molecule has 0 unspecified atom stereocenters. The van der Waals surface area contributed by atoms with Crippen molar-refractivity contribution < 1.29 is 27.8 Å². The van der Waals surface area contributed by atoms with E-state index >= 15 is 0 Å². The lowest BCUT2D eigenvalue weighted by molar-refractivity contribution is -0.192. The molecule has 0 atom stereocenters. The smallest absolute Gasteiger partial charge is 0.489 e. The van der Waals surface area contributed by atoms with Crippen molar-refractivity contribution >= 4 is 5.97 Å². The topological polar surface area (TPSA) is 100 Å². The Morgan fingerprint density at radius 1 is 1.26 bits per heavy atom. The number of halogens is 3. The van der Waals surface area contributed by atoms with Crippen LogP contribution in [0.15, 0.2) is 30.9 Å². The Morgan fingerprint density at radius 3 is 2.42 bits per heavy atom. The predicted octanol–water partition coefficient (Wildman–Crippen LogP) is 2.61. The summed E-state index contributed by atoms with van der Waals surface area (Å²) < 4.78 is 37.4. The van der Waals surface area contributed by atoms with E-state index in [1.165, 1.54) is 0 Å². The first kappa shape index (κ1) is 24.5. The van der Waals surface area contributed by atoms with E-state index in [0.717, 1.165) is 54.8 Å². The van der Waals surface area contributed by atoms with Crippen LogP contribution in [0.1, 0.15) is 19.5 Å². The van der Waals surface area contributed by atoms with Crippen molar-refractivity contribution in [1.29, 1.82) is 0 Å². The van der Waals surface area contributed by atoms with Crippen molar-refractivity contribution in [1.82, 2.24) is 25.2 Å². The number of ether oxygens (including phenoxy) is 1. The van der Waals surface area contributed by atoms with Crippen molar-refractivity contribution in [3.63, 3.8) is 0 Å². The van der Waals surface area contributed by atoms with Gasteiger partial charge in [0, 0.05) is 37.9 Å². The number of rotatable bonds is 7. The van der Waals surface area contributed by atoms with E-state index in [-0.39, 0.29) is 6.10 Å². The lowest BCUT2D eigenvalue weighted by atomic mass is 10.0. The van der Waals surface area contributed by atoms with E-state index in [1.54, 1.807) is 12.4 Å². The molecular formula is C20H26F3N5O3. The first-order chi connectivity index (χ1) is 14.5. The molecule has 0 radical (unpaired) electrons. The van der Waals surface area contributed by atoms with Gasteiger partial charge < -0.3 is 20.1 Å². The maximum Gasteiger partial charge on any atom is 0.490 e. The number of carboxylic acids is 1. The third-order valence-electron chi connectivity index (χ3n) is 4.20. The normalized spacial score (nSPS) is 14.1.